The van der Waals surface area contributed by atoms with Crippen LogP contribution < -0.4 is 24.8 Å². The molecule has 2 N–H and O–H groups in total. The SMILES string of the molecule is COc1cc2c(Oc3ccc(N(C(=O)C4(C(N)=O)CCC4)c4ccc(F)cc4)cc3F)ccnc2cc1OCCCN1CCN(C)CC1. The number of methoxy groups -OCH3 is 1. The smallest absolute Gasteiger partial charge is 0.247 e. The normalized spacial score (nSPS) is 16.2. The molecule has 3 aromatic carbocycles. The number of aromatic nitrogens is 1. The van der Waals surface area contributed by atoms with Crippen LogP contribution in [0.3, 0.4) is 0 Å². The van der Waals surface area contributed by atoms with Gasteiger partial charge in [-0.15, -0.1) is 0 Å². The zero-order valence-corrected chi connectivity index (χ0v) is 27.1. The van der Waals surface area contributed by atoms with E-state index in [1.54, 1.807) is 31.5 Å². The van der Waals surface area contributed by atoms with E-state index in [4.69, 9.17) is 19.9 Å². The van der Waals surface area contributed by atoms with Crippen molar-refractivity contribution in [2.24, 2.45) is 11.1 Å². The van der Waals surface area contributed by atoms with Crippen LogP contribution in [0.5, 0.6) is 23.0 Å². The standard InChI is InChI=1S/C36H39F2N5O5/c1-41-16-18-42(19-17-41)15-4-20-47-33-23-29-27(22-32(33)46-2)30(11-14-40-29)48-31-10-9-26(21-28(31)38)43(25-7-5-24(37)6-8-25)35(45)36(34(39)44)12-3-13-36/h5-11,14,21-23H,3-4,12-13,15-20H2,1-2H3,(H2,39,44). The summed E-state index contributed by atoms with van der Waals surface area (Å²) in [5.74, 6) is -1.33. The number of rotatable bonds is 12. The minimum absolute atomic E-state index is 0.103. The van der Waals surface area contributed by atoms with Gasteiger partial charge in [-0.3, -0.25) is 19.5 Å². The highest BCUT2D eigenvalue weighted by atomic mass is 19.1. The monoisotopic (exact) mass is 659 g/mol. The Morgan fingerprint density at radius 3 is 2.29 bits per heavy atom. The zero-order valence-electron chi connectivity index (χ0n) is 27.1. The Hall–Kier alpha value is -4.81. The third kappa shape index (κ3) is 6.76. The molecule has 0 atom stereocenters. The Labute approximate surface area is 278 Å². The Kier molecular flexibility index (Phi) is 9.74. The Balaban J connectivity index is 1.22. The van der Waals surface area contributed by atoms with Crippen molar-refractivity contribution >= 4 is 34.1 Å². The molecule has 1 aliphatic carbocycles. The second kappa shape index (κ2) is 14.1. The van der Waals surface area contributed by atoms with E-state index in [0.29, 0.717) is 41.2 Å². The molecule has 6 rings (SSSR count). The molecular weight excluding hydrogens is 620 g/mol. The number of piperazine rings is 1. The number of hydrogen-bond donors (Lipinski definition) is 1. The number of carbonyl (C=O) groups is 2. The maximum Gasteiger partial charge on any atom is 0.247 e. The van der Waals surface area contributed by atoms with Crippen molar-refractivity contribution in [3.8, 4) is 23.0 Å². The summed E-state index contributed by atoms with van der Waals surface area (Å²) in [5.41, 5.74) is 5.23. The number of benzene rings is 3. The quantitative estimate of drug-likeness (QED) is 0.154. The van der Waals surface area contributed by atoms with Crippen LogP contribution in [-0.2, 0) is 9.59 Å². The van der Waals surface area contributed by atoms with Gasteiger partial charge in [0, 0.05) is 62.1 Å². The van der Waals surface area contributed by atoms with Crippen molar-refractivity contribution in [3.05, 3.63) is 78.5 Å². The summed E-state index contributed by atoms with van der Waals surface area (Å²) in [4.78, 5) is 36.6. The zero-order chi connectivity index (χ0) is 33.8. The third-order valence-electron chi connectivity index (χ3n) is 9.23. The molecule has 12 heteroatoms. The van der Waals surface area contributed by atoms with Crippen LogP contribution in [0, 0.1) is 17.0 Å². The number of anilines is 2. The molecule has 1 aromatic heterocycles. The minimum atomic E-state index is -1.41. The molecule has 0 bridgehead atoms. The van der Waals surface area contributed by atoms with Gasteiger partial charge >= 0.3 is 0 Å². The number of likely N-dealkylation sites (N-methyl/N-ethyl adjacent to an activating group) is 1. The van der Waals surface area contributed by atoms with Crippen molar-refractivity contribution < 1.29 is 32.6 Å². The van der Waals surface area contributed by atoms with Crippen molar-refractivity contribution in [2.45, 2.75) is 25.7 Å². The first-order valence-corrected chi connectivity index (χ1v) is 16.1. The molecule has 2 amide bonds. The number of carbonyl (C=O) groups excluding carboxylic acids is 2. The summed E-state index contributed by atoms with van der Waals surface area (Å²) in [7, 11) is 3.69. The van der Waals surface area contributed by atoms with Crippen LogP contribution in [0.15, 0.2) is 66.9 Å². The molecule has 2 aliphatic rings. The summed E-state index contributed by atoms with van der Waals surface area (Å²) >= 11 is 0. The van der Waals surface area contributed by atoms with Gasteiger partial charge in [0.1, 0.15) is 17.0 Å². The summed E-state index contributed by atoms with van der Waals surface area (Å²) in [6, 6.07) is 14.3. The molecule has 4 aromatic rings. The number of hydrogen-bond acceptors (Lipinski definition) is 8. The van der Waals surface area contributed by atoms with E-state index in [1.165, 1.54) is 41.3 Å². The fourth-order valence-electron chi connectivity index (χ4n) is 6.15. The molecule has 1 saturated heterocycles. The van der Waals surface area contributed by atoms with Gasteiger partial charge in [-0.1, -0.05) is 6.42 Å². The number of halogens is 2. The fourth-order valence-corrected chi connectivity index (χ4v) is 6.15. The van der Waals surface area contributed by atoms with Crippen LogP contribution in [0.25, 0.3) is 10.9 Å². The van der Waals surface area contributed by atoms with Gasteiger partial charge in [0.25, 0.3) is 0 Å². The van der Waals surface area contributed by atoms with E-state index in [-0.39, 0.29) is 30.0 Å². The third-order valence-corrected chi connectivity index (χ3v) is 9.23. The molecule has 252 valence electrons. The van der Waals surface area contributed by atoms with Crippen LogP contribution in [-0.4, -0.2) is 80.1 Å². The molecule has 48 heavy (non-hydrogen) atoms. The van der Waals surface area contributed by atoms with Gasteiger partial charge in [0.2, 0.25) is 11.8 Å². The molecule has 10 nitrogen and oxygen atoms in total. The van der Waals surface area contributed by atoms with Gasteiger partial charge in [0.05, 0.1) is 24.9 Å². The Morgan fingerprint density at radius 1 is 0.917 bits per heavy atom. The highest BCUT2D eigenvalue weighted by molar-refractivity contribution is 6.15. The van der Waals surface area contributed by atoms with Crippen molar-refractivity contribution in [1.82, 2.24) is 14.8 Å². The molecule has 2 heterocycles. The van der Waals surface area contributed by atoms with Crippen molar-refractivity contribution in [3.63, 3.8) is 0 Å². The summed E-state index contributed by atoms with van der Waals surface area (Å²) in [6.45, 7) is 5.69. The molecule has 0 spiro atoms. The number of ether oxygens (including phenoxy) is 3. The van der Waals surface area contributed by atoms with Gasteiger partial charge < -0.3 is 29.7 Å². The lowest BCUT2D eigenvalue weighted by molar-refractivity contribution is -0.145. The van der Waals surface area contributed by atoms with E-state index in [1.807, 2.05) is 0 Å². The van der Waals surface area contributed by atoms with Gasteiger partial charge in [-0.2, -0.15) is 0 Å². The number of primary amides is 1. The number of amides is 2. The number of nitrogens with two attached hydrogens (primary N) is 1. The van der Waals surface area contributed by atoms with E-state index in [0.717, 1.165) is 45.2 Å². The van der Waals surface area contributed by atoms with Gasteiger partial charge in [-0.05, 0) is 74.8 Å². The predicted octanol–water partition coefficient (Wildman–Crippen LogP) is 5.65. The second-order valence-electron chi connectivity index (χ2n) is 12.3. The average Bonchev–Trinajstić information content (AvgIpc) is 3.05. The first-order valence-electron chi connectivity index (χ1n) is 16.1. The summed E-state index contributed by atoms with van der Waals surface area (Å²) < 4.78 is 47.3. The van der Waals surface area contributed by atoms with Gasteiger partial charge in [-0.25, -0.2) is 8.78 Å². The lowest BCUT2D eigenvalue weighted by Crippen LogP contribution is -2.54. The topological polar surface area (TPSA) is 110 Å². The molecule has 1 saturated carbocycles. The number of pyridine rings is 1. The van der Waals surface area contributed by atoms with Crippen LogP contribution in [0.4, 0.5) is 20.2 Å². The van der Waals surface area contributed by atoms with Crippen LogP contribution >= 0.6 is 0 Å². The van der Waals surface area contributed by atoms with E-state index in [9.17, 15) is 14.0 Å². The van der Waals surface area contributed by atoms with E-state index >= 15 is 4.39 Å². The Morgan fingerprint density at radius 2 is 1.65 bits per heavy atom. The van der Waals surface area contributed by atoms with Crippen LogP contribution in [0.1, 0.15) is 25.7 Å². The lowest BCUT2D eigenvalue weighted by Gasteiger charge is -2.40. The minimum Gasteiger partial charge on any atom is -0.493 e. The first-order chi connectivity index (χ1) is 23.2. The number of nitrogens with zero attached hydrogens (tertiary/aromatic N) is 4. The Bertz CT molecular complexity index is 1790. The van der Waals surface area contributed by atoms with Gasteiger partial charge in [0.15, 0.2) is 23.1 Å². The number of fused-ring (bicyclic) bond motifs is 1. The fraction of sp³-hybridized carbons (Fsp3) is 0.361. The molecule has 2 fully saturated rings. The van der Waals surface area contributed by atoms with Crippen molar-refractivity contribution in [2.75, 3.05) is 58.4 Å². The molecule has 0 unspecified atom stereocenters. The first kappa shape index (κ1) is 33.1. The highest BCUT2D eigenvalue weighted by Gasteiger charge is 2.52. The lowest BCUT2D eigenvalue weighted by atomic mass is 9.67. The highest BCUT2D eigenvalue weighted by Crippen LogP contribution is 2.45. The molecule has 0 radical (unpaired) electrons. The summed E-state index contributed by atoms with van der Waals surface area (Å²) in [5, 5.41) is 0.583. The van der Waals surface area contributed by atoms with Crippen molar-refractivity contribution in [1.29, 1.82) is 0 Å². The maximum absolute atomic E-state index is 15.7. The summed E-state index contributed by atoms with van der Waals surface area (Å²) in [6.07, 6.45) is 3.64. The molecule has 1 aliphatic heterocycles. The van der Waals surface area contributed by atoms with Crippen LogP contribution in [0.2, 0.25) is 0 Å². The average molecular weight is 660 g/mol. The largest absolute Gasteiger partial charge is 0.493 e. The molecular formula is C36H39F2N5O5. The second-order valence-corrected chi connectivity index (χ2v) is 12.3. The van der Waals surface area contributed by atoms with E-state index < -0.39 is 28.9 Å². The maximum atomic E-state index is 15.7. The predicted molar refractivity (Wildman–Crippen MR) is 178 cm³/mol. The van der Waals surface area contributed by atoms with E-state index in [2.05, 4.69) is 21.8 Å².